The zero-order valence-electron chi connectivity index (χ0n) is 19.3. The van der Waals surface area contributed by atoms with Gasteiger partial charge in [-0.25, -0.2) is 0 Å². The molecule has 6 rings (SSSR count). The monoisotopic (exact) mass is 447 g/mol. The number of fused-ring (bicyclic) bond motifs is 1. The molecular weight excluding hydrogens is 414 g/mol. The highest BCUT2D eigenvalue weighted by atomic mass is 16.3. The highest BCUT2D eigenvalue weighted by Crippen LogP contribution is 2.54. The molecule has 3 saturated heterocycles. The molecule has 3 aliphatic heterocycles. The zero-order valence-corrected chi connectivity index (χ0v) is 19.3. The predicted molar refractivity (Wildman–Crippen MR) is 126 cm³/mol. The summed E-state index contributed by atoms with van der Waals surface area (Å²) in [6, 6.07) is 17.2. The first-order chi connectivity index (χ1) is 15.9. The Balaban J connectivity index is 1.46. The summed E-state index contributed by atoms with van der Waals surface area (Å²) in [6.45, 7) is 6.33. The Bertz CT molecular complexity index is 1020. The van der Waals surface area contributed by atoms with Crippen LogP contribution in [0, 0.1) is 23.7 Å². The molecule has 33 heavy (non-hydrogen) atoms. The van der Waals surface area contributed by atoms with Crippen LogP contribution in [-0.4, -0.2) is 39.9 Å². The first-order valence-electron chi connectivity index (χ1n) is 12.0. The van der Waals surface area contributed by atoms with Gasteiger partial charge in [-0.1, -0.05) is 56.3 Å². The molecule has 0 radical (unpaired) electrons. The molecule has 1 aliphatic carbocycles. The molecular formula is C27H33N3O3. The number of hydrogen-bond donors (Lipinski definition) is 3. The lowest BCUT2D eigenvalue weighted by Gasteiger charge is -2.55. The molecule has 2 aromatic carbocycles. The van der Waals surface area contributed by atoms with E-state index in [4.69, 9.17) is 0 Å². The number of likely N-dealkylation sites (tertiary alicyclic amines) is 1. The Labute approximate surface area is 195 Å². The van der Waals surface area contributed by atoms with E-state index in [1.807, 2.05) is 42.5 Å². The molecule has 1 saturated carbocycles. The molecule has 5 atom stereocenters. The number of nitrogens with zero attached hydrogens (tertiary/aromatic N) is 1. The van der Waals surface area contributed by atoms with Gasteiger partial charge in [-0.2, -0.15) is 0 Å². The smallest absolute Gasteiger partial charge is 0.248 e. The van der Waals surface area contributed by atoms with E-state index in [2.05, 4.69) is 29.4 Å². The molecule has 2 aromatic rings. The van der Waals surface area contributed by atoms with Crippen molar-refractivity contribution in [3.8, 4) is 5.75 Å². The van der Waals surface area contributed by atoms with Crippen LogP contribution in [0.3, 0.4) is 0 Å². The second kappa shape index (κ2) is 8.49. The van der Waals surface area contributed by atoms with Gasteiger partial charge in [-0.3, -0.25) is 14.5 Å². The lowest BCUT2D eigenvalue weighted by atomic mass is 9.57. The van der Waals surface area contributed by atoms with Gasteiger partial charge in [0.25, 0.3) is 0 Å². The van der Waals surface area contributed by atoms with Crippen LogP contribution in [0.1, 0.15) is 37.8 Å². The number of benzene rings is 2. The lowest BCUT2D eigenvalue weighted by molar-refractivity contribution is -0.155. The minimum atomic E-state index is -0.892. The number of hydrogen-bond acceptors (Lipinski definition) is 4. The molecule has 0 spiro atoms. The fourth-order valence-electron chi connectivity index (χ4n) is 6.55. The second-order valence-electron chi connectivity index (χ2n) is 10.4. The topological polar surface area (TPSA) is 81.7 Å². The van der Waals surface area contributed by atoms with E-state index in [0.29, 0.717) is 19.0 Å². The van der Waals surface area contributed by atoms with Gasteiger partial charge in [0.05, 0.1) is 0 Å². The minimum absolute atomic E-state index is 0.0315. The third-order valence-electron chi connectivity index (χ3n) is 7.82. The number of piperidine rings is 2. The summed E-state index contributed by atoms with van der Waals surface area (Å²) >= 11 is 0. The summed E-state index contributed by atoms with van der Waals surface area (Å²) in [4.78, 5) is 29.4. The van der Waals surface area contributed by atoms with Gasteiger partial charge in [-0.15, -0.1) is 0 Å². The van der Waals surface area contributed by atoms with Crippen molar-refractivity contribution in [2.75, 3.05) is 6.54 Å². The molecule has 3 N–H and O–H groups in total. The van der Waals surface area contributed by atoms with Crippen molar-refractivity contribution in [3.05, 3.63) is 65.7 Å². The number of rotatable bonds is 7. The van der Waals surface area contributed by atoms with Crippen molar-refractivity contribution < 1.29 is 14.7 Å². The average Bonchev–Trinajstić information content (AvgIpc) is 3.02. The Kier molecular flexibility index (Phi) is 5.65. The molecule has 2 amide bonds. The molecule has 4 bridgehead atoms. The van der Waals surface area contributed by atoms with Crippen molar-refractivity contribution in [2.24, 2.45) is 23.7 Å². The second-order valence-corrected chi connectivity index (χ2v) is 10.4. The van der Waals surface area contributed by atoms with Crippen molar-refractivity contribution in [1.29, 1.82) is 0 Å². The largest absolute Gasteiger partial charge is 0.508 e. The first kappa shape index (κ1) is 22.0. The molecule has 0 aromatic heterocycles. The van der Waals surface area contributed by atoms with Gasteiger partial charge in [0.15, 0.2) is 0 Å². The van der Waals surface area contributed by atoms with E-state index in [9.17, 15) is 14.7 Å². The summed E-state index contributed by atoms with van der Waals surface area (Å²) in [5.41, 5.74) is 1.26. The highest BCUT2D eigenvalue weighted by molar-refractivity contribution is 5.97. The Hall–Kier alpha value is -2.86. The number of phenols is 1. The van der Waals surface area contributed by atoms with E-state index in [0.717, 1.165) is 30.5 Å². The van der Waals surface area contributed by atoms with E-state index in [1.54, 1.807) is 12.1 Å². The molecule has 174 valence electrons. The van der Waals surface area contributed by atoms with E-state index in [-0.39, 0.29) is 41.4 Å². The summed E-state index contributed by atoms with van der Waals surface area (Å²) in [5, 5.41) is 16.1. The van der Waals surface area contributed by atoms with Crippen LogP contribution in [-0.2, 0) is 22.7 Å². The van der Waals surface area contributed by atoms with Crippen LogP contribution in [0.15, 0.2) is 54.6 Å². The average molecular weight is 448 g/mol. The number of carbonyl (C=O) groups is 2. The SMILES string of the molecule is CC(C)CC1C2CC3CN(Cc4ccc(O)cc4)C1C3(C(=O)NCc1ccccc1)NC2=O. The maximum Gasteiger partial charge on any atom is 0.248 e. The fraction of sp³-hybridized carbons (Fsp3) is 0.481. The number of carbonyl (C=O) groups excluding carboxylic acids is 2. The maximum absolute atomic E-state index is 13.8. The van der Waals surface area contributed by atoms with Crippen LogP contribution < -0.4 is 10.6 Å². The number of amides is 2. The molecule has 3 heterocycles. The Morgan fingerprint density at radius 1 is 1.15 bits per heavy atom. The lowest BCUT2D eigenvalue weighted by Crippen LogP contribution is -2.77. The van der Waals surface area contributed by atoms with Crippen molar-refractivity contribution in [2.45, 2.75) is 51.4 Å². The highest BCUT2D eigenvalue weighted by Gasteiger charge is 2.70. The standard InChI is InChI=1S/C27H33N3O3/c1-17(2)12-22-23-13-20-16-30(15-19-8-10-21(31)11-9-19)24(22)27(20,29-25(23)32)26(33)28-14-18-6-4-3-5-7-18/h3-11,17,20,22-24,31H,12-16H2,1-2H3,(H,28,33)(H,29,32). The van der Waals surface area contributed by atoms with Crippen LogP contribution >= 0.6 is 0 Å². The van der Waals surface area contributed by atoms with E-state index >= 15 is 0 Å². The van der Waals surface area contributed by atoms with Crippen LogP contribution in [0.5, 0.6) is 5.75 Å². The van der Waals surface area contributed by atoms with Gasteiger partial charge in [0.1, 0.15) is 11.3 Å². The third kappa shape index (κ3) is 3.80. The fourth-order valence-corrected chi connectivity index (χ4v) is 6.55. The molecule has 6 nitrogen and oxygen atoms in total. The van der Waals surface area contributed by atoms with Gasteiger partial charge in [0.2, 0.25) is 11.8 Å². The number of phenolic OH excluding ortho intramolecular Hbond substituents is 1. The summed E-state index contributed by atoms with van der Waals surface area (Å²) < 4.78 is 0. The summed E-state index contributed by atoms with van der Waals surface area (Å²) in [5.74, 6) is 0.889. The van der Waals surface area contributed by atoms with Gasteiger partial charge < -0.3 is 15.7 Å². The predicted octanol–water partition coefficient (Wildman–Crippen LogP) is 3.06. The minimum Gasteiger partial charge on any atom is -0.508 e. The maximum atomic E-state index is 13.8. The van der Waals surface area contributed by atoms with Crippen LogP contribution in [0.2, 0.25) is 0 Å². The normalized spacial score (nSPS) is 30.5. The van der Waals surface area contributed by atoms with Gasteiger partial charge in [-0.05, 0) is 47.9 Å². The summed E-state index contributed by atoms with van der Waals surface area (Å²) in [6.07, 6.45) is 1.69. The third-order valence-corrected chi connectivity index (χ3v) is 7.82. The van der Waals surface area contributed by atoms with Crippen LogP contribution in [0.25, 0.3) is 0 Å². The van der Waals surface area contributed by atoms with Gasteiger partial charge in [0, 0.05) is 37.5 Å². The molecule has 4 aliphatic rings. The van der Waals surface area contributed by atoms with Crippen molar-refractivity contribution in [3.63, 3.8) is 0 Å². The van der Waals surface area contributed by atoms with E-state index in [1.165, 1.54) is 0 Å². The molecule has 4 fully saturated rings. The van der Waals surface area contributed by atoms with Crippen LogP contribution in [0.4, 0.5) is 0 Å². The molecule has 6 heteroatoms. The quantitative estimate of drug-likeness (QED) is 0.609. The number of aromatic hydroxyl groups is 1. The van der Waals surface area contributed by atoms with Crippen molar-refractivity contribution in [1.82, 2.24) is 15.5 Å². The Morgan fingerprint density at radius 2 is 1.88 bits per heavy atom. The van der Waals surface area contributed by atoms with Crippen molar-refractivity contribution >= 4 is 11.8 Å². The summed E-state index contributed by atoms with van der Waals surface area (Å²) in [7, 11) is 0. The van der Waals surface area contributed by atoms with Gasteiger partial charge >= 0.3 is 0 Å². The number of nitrogens with one attached hydrogen (secondary N) is 2. The van der Waals surface area contributed by atoms with E-state index < -0.39 is 5.54 Å². The Morgan fingerprint density at radius 3 is 2.58 bits per heavy atom. The zero-order chi connectivity index (χ0) is 23.2. The first-order valence-corrected chi connectivity index (χ1v) is 12.0. The molecule has 5 unspecified atom stereocenters.